The van der Waals surface area contributed by atoms with Crippen LogP contribution in [-0.2, 0) is 17.9 Å². The van der Waals surface area contributed by atoms with Gasteiger partial charge >= 0.3 is 4.83 Å². The van der Waals surface area contributed by atoms with E-state index in [-0.39, 0.29) is 12.2 Å². The summed E-state index contributed by atoms with van der Waals surface area (Å²) < 4.78 is 33.3. The van der Waals surface area contributed by atoms with E-state index in [0.717, 1.165) is 5.56 Å². The average Bonchev–Trinajstić information content (AvgIpc) is 2.93. The fraction of sp³-hybridized carbons (Fsp3) is 0.222. The van der Waals surface area contributed by atoms with E-state index in [1.165, 1.54) is 0 Å². The zero-order valence-electron chi connectivity index (χ0n) is 12.9. The van der Waals surface area contributed by atoms with Crippen molar-refractivity contribution in [2.45, 2.75) is 17.9 Å². The second kappa shape index (κ2) is 6.91. The van der Waals surface area contributed by atoms with Crippen LogP contribution in [0.25, 0.3) is 10.9 Å². The van der Waals surface area contributed by atoms with Crippen molar-refractivity contribution in [1.82, 2.24) is 4.98 Å². The van der Waals surface area contributed by atoms with Crippen LogP contribution in [0, 0.1) is 0 Å². The van der Waals surface area contributed by atoms with Crippen molar-refractivity contribution in [3.05, 3.63) is 65.4 Å². The van der Waals surface area contributed by atoms with Crippen LogP contribution in [0.4, 0.5) is 8.78 Å². The van der Waals surface area contributed by atoms with Gasteiger partial charge in [-0.15, -0.1) is 0 Å². The van der Waals surface area contributed by atoms with Gasteiger partial charge in [-0.1, -0.05) is 30.3 Å². The Morgan fingerprint density at radius 3 is 2.54 bits per heavy atom. The number of aromatic nitrogens is 1. The molecule has 2 aromatic carbocycles. The molecular formula is C18H17BrF2N2O. The van der Waals surface area contributed by atoms with Crippen LogP contribution in [-0.4, -0.2) is 11.5 Å². The fourth-order valence-electron chi connectivity index (χ4n) is 2.70. The van der Waals surface area contributed by atoms with Gasteiger partial charge < -0.3 is 15.5 Å². The maximum Gasteiger partial charge on any atom is 0.341 e. The van der Waals surface area contributed by atoms with E-state index in [1.807, 2.05) is 30.3 Å². The molecule has 0 amide bonds. The second-order valence-corrected chi connectivity index (χ2v) is 6.49. The van der Waals surface area contributed by atoms with Crippen LogP contribution in [0.3, 0.4) is 0 Å². The molecular weight excluding hydrogens is 378 g/mol. The van der Waals surface area contributed by atoms with Gasteiger partial charge in [0.2, 0.25) is 0 Å². The number of hydrogen-bond donors (Lipinski definition) is 2. The zero-order chi connectivity index (χ0) is 17.2. The molecule has 3 N–H and O–H groups in total. The second-order valence-electron chi connectivity index (χ2n) is 5.50. The van der Waals surface area contributed by atoms with Crippen molar-refractivity contribution in [1.29, 1.82) is 0 Å². The molecule has 0 radical (unpaired) electrons. The van der Waals surface area contributed by atoms with Crippen molar-refractivity contribution < 1.29 is 13.5 Å². The Hall–Kier alpha value is -1.92. The number of aromatic amines is 1. The molecule has 0 fully saturated rings. The van der Waals surface area contributed by atoms with Crippen LogP contribution >= 0.6 is 15.9 Å². The molecule has 6 heteroatoms. The van der Waals surface area contributed by atoms with E-state index in [2.05, 4.69) is 20.9 Å². The number of nitrogens with two attached hydrogens (primary N) is 1. The van der Waals surface area contributed by atoms with Crippen LogP contribution in [0.15, 0.2) is 48.5 Å². The molecule has 0 aliphatic rings. The first kappa shape index (κ1) is 16.9. The predicted octanol–water partition coefficient (Wildman–Crippen LogP) is 4.69. The van der Waals surface area contributed by atoms with Crippen molar-refractivity contribution in [2.24, 2.45) is 5.73 Å². The predicted molar refractivity (Wildman–Crippen MR) is 94.7 cm³/mol. The third kappa shape index (κ3) is 3.60. The van der Waals surface area contributed by atoms with Gasteiger partial charge in [0.15, 0.2) is 0 Å². The van der Waals surface area contributed by atoms with Crippen LogP contribution in [0.1, 0.15) is 16.8 Å². The Morgan fingerprint density at radius 2 is 1.88 bits per heavy atom. The van der Waals surface area contributed by atoms with E-state index < -0.39 is 4.83 Å². The van der Waals surface area contributed by atoms with Gasteiger partial charge in [0, 0.05) is 10.9 Å². The highest BCUT2D eigenvalue weighted by Crippen LogP contribution is 2.40. The van der Waals surface area contributed by atoms with E-state index in [0.29, 0.717) is 35.2 Å². The third-order valence-corrected chi connectivity index (χ3v) is 4.20. The summed E-state index contributed by atoms with van der Waals surface area (Å²) in [6, 6.07) is 15.1. The summed E-state index contributed by atoms with van der Waals surface area (Å²) in [4.78, 5) is -0.341. The number of halogens is 3. The van der Waals surface area contributed by atoms with Crippen molar-refractivity contribution in [3.63, 3.8) is 0 Å². The highest BCUT2D eigenvalue weighted by Gasteiger charge is 2.33. The molecule has 3 aromatic rings. The first-order valence-electron chi connectivity index (χ1n) is 7.57. The monoisotopic (exact) mass is 394 g/mol. The van der Waals surface area contributed by atoms with Gasteiger partial charge in [0.25, 0.3) is 0 Å². The molecule has 24 heavy (non-hydrogen) atoms. The summed E-state index contributed by atoms with van der Waals surface area (Å²) >= 11 is 2.43. The summed E-state index contributed by atoms with van der Waals surface area (Å²) in [6.45, 7) is 0.711. The molecule has 0 aliphatic heterocycles. The van der Waals surface area contributed by atoms with E-state index in [9.17, 15) is 8.78 Å². The standard InChI is InChI=1S/C18H17BrF2N2O/c19-18(20,21)17-14(8-9-22)15-10-13(6-7-16(15)23-17)24-11-12-4-2-1-3-5-12/h1-7,10,23H,8-9,11,22H2. The molecule has 0 saturated carbocycles. The maximum absolute atomic E-state index is 13.8. The molecule has 3 rings (SSSR count). The number of ether oxygens (including phenoxy) is 1. The maximum atomic E-state index is 13.8. The lowest BCUT2D eigenvalue weighted by Gasteiger charge is -2.09. The van der Waals surface area contributed by atoms with Gasteiger partial charge in [-0.25, -0.2) is 0 Å². The summed E-state index contributed by atoms with van der Waals surface area (Å²) in [5.41, 5.74) is 7.64. The smallest absolute Gasteiger partial charge is 0.341 e. The molecule has 0 atom stereocenters. The fourth-order valence-corrected chi connectivity index (χ4v) is 3.04. The Balaban J connectivity index is 1.93. The zero-order valence-corrected chi connectivity index (χ0v) is 14.4. The normalized spacial score (nSPS) is 11.8. The summed E-state index contributed by atoms with van der Waals surface area (Å²) in [5, 5.41) is 0.708. The number of H-pyrrole nitrogens is 1. The number of rotatable bonds is 6. The SMILES string of the molecule is NCCc1c(C(F)(F)Br)[nH]c2ccc(OCc3ccccc3)cc12. The highest BCUT2D eigenvalue weighted by atomic mass is 79.9. The Kier molecular flexibility index (Phi) is 4.87. The molecule has 0 bridgehead atoms. The molecule has 0 saturated heterocycles. The average molecular weight is 395 g/mol. The largest absolute Gasteiger partial charge is 0.489 e. The minimum absolute atomic E-state index is 0.150. The number of alkyl halides is 3. The highest BCUT2D eigenvalue weighted by molar-refractivity contribution is 9.09. The lowest BCUT2D eigenvalue weighted by atomic mass is 10.1. The van der Waals surface area contributed by atoms with Gasteiger partial charge in [-0.3, -0.25) is 0 Å². The minimum atomic E-state index is -3.12. The number of benzene rings is 2. The molecule has 126 valence electrons. The minimum Gasteiger partial charge on any atom is -0.489 e. The first-order chi connectivity index (χ1) is 11.5. The lowest BCUT2D eigenvalue weighted by molar-refractivity contribution is 0.109. The Labute approximate surface area is 146 Å². The third-order valence-electron chi connectivity index (χ3n) is 3.80. The molecule has 1 aromatic heterocycles. The molecule has 0 aliphatic carbocycles. The number of nitrogens with one attached hydrogen (secondary N) is 1. The van der Waals surface area contributed by atoms with Crippen molar-refractivity contribution in [3.8, 4) is 5.75 Å². The van der Waals surface area contributed by atoms with Crippen molar-refractivity contribution in [2.75, 3.05) is 6.54 Å². The number of fused-ring (bicyclic) bond motifs is 1. The summed E-state index contributed by atoms with van der Waals surface area (Å²) in [7, 11) is 0. The van der Waals surface area contributed by atoms with E-state index >= 15 is 0 Å². The van der Waals surface area contributed by atoms with Gasteiger partial charge in [0.05, 0.1) is 0 Å². The Bertz CT molecular complexity index is 828. The first-order valence-corrected chi connectivity index (χ1v) is 8.37. The quantitative estimate of drug-likeness (QED) is 0.595. The number of hydrogen-bond acceptors (Lipinski definition) is 2. The molecule has 1 heterocycles. The van der Waals surface area contributed by atoms with Crippen LogP contribution in [0.2, 0.25) is 0 Å². The van der Waals surface area contributed by atoms with E-state index in [1.54, 1.807) is 18.2 Å². The lowest BCUT2D eigenvalue weighted by Crippen LogP contribution is -2.10. The van der Waals surface area contributed by atoms with Gasteiger partial charge in [-0.05, 0) is 58.2 Å². The van der Waals surface area contributed by atoms with Gasteiger partial charge in [-0.2, -0.15) is 8.78 Å². The van der Waals surface area contributed by atoms with E-state index in [4.69, 9.17) is 10.5 Å². The molecule has 0 spiro atoms. The summed E-state index contributed by atoms with van der Waals surface area (Å²) in [5.74, 6) is 0.632. The van der Waals surface area contributed by atoms with Crippen LogP contribution < -0.4 is 10.5 Å². The molecule has 0 unspecified atom stereocenters. The van der Waals surface area contributed by atoms with Gasteiger partial charge in [0.1, 0.15) is 18.1 Å². The van der Waals surface area contributed by atoms with Crippen LogP contribution in [0.5, 0.6) is 5.75 Å². The topological polar surface area (TPSA) is 51.0 Å². The Morgan fingerprint density at radius 1 is 1.12 bits per heavy atom. The van der Waals surface area contributed by atoms with Crippen molar-refractivity contribution >= 4 is 26.8 Å². The molecule has 3 nitrogen and oxygen atoms in total. The summed E-state index contributed by atoms with van der Waals surface area (Å²) in [6.07, 6.45) is 0.360.